The zero-order chi connectivity index (χ0) is 28.3. The van der Waals surface area contributed by atoms with E-state index in [1.807, 2.05) is 0 Å². The number of amides is 2. The Morgan fingerprint density at radius 2 is 1.95 bits per heavy atom. The van der Waals surface area contributed by atoms with Crippen molar-refractivity contribution >= 4 is 23.7 Å². The average molecular weight is 543 g/mol. The minimum absolute atomic E-state index is 0.00564. The molecule has 0 bridgehead atoms. The van der Waals surface area contributed by atoms with Gasteiger partial charge in [-0.05, 0) is 53.9 Å². The van der Waals surface area contributed by atoms with Crippen molar-refractivity contribution in [3.8, 4) is 22.8 Å². The Morgan fingerprint density at radius 3 is 2.59 bits per heavy atom. The molecule has 1 aromatic carbocycles. The number of alkyl halides is 3. The van der Waals surface area contributed by atoms with Crippen LogP contribution in [0, 0.1) is 0 Å². The predicted octanol–water partition coefficient (Wildman–Crippen LogP) is 4.14. The summed E-state index contributed by atoms with van der Waals surface area (Å²) in [6.07, 6.45) is 1.85. The summed E-state index contributed by atoms with van der Waals surface area (Å²) >= 11 is 0. The van der Waals surface area contributed by atoms with Crippen molar-refractivity contribution in [3.63, 3.8) is 0 Å². The number of nitrogens with one attached hydrogen (secondary N) is 1. The Bertz CT molecular complexity index is 1480. The van der Waals surface area contributed by atoms with Crippen molar-refractivity contribution in [2.24, 2.45) is 7.05 Å². The lowest BCUT2D eigenvalue weighted by atomic mass is 9.97. The van der Waals surface area contributed by atoms with E-state index in [0.29, 0.717) is 11.1 Å². The minimum atomic E-state index is -3.11. The lowest BCUT2D eigenvalue weighted by Gasteiger charge is -2.34. The second-order valence-corrected chi connectivity index (χ2v) is 8.67. The molecule has 1 aliphatic heterocycles. The normalized spacial score (nSPS) is 13.1. The number of anilines is 1. The number of aryl methyl sites for hydroxylation is 1. The van der Waals surface area contributed by atoms with E-state index >= 15 is 0 Å². The second kappa shape index (κ2) is 11.4. The van der Waals surface area contributed by atoms with E-state index in [0.717, 1.165) is 6.07 Å². The highest BCUT2D eigenvalue weighted by Crippen LogP contribution is 2.33. The average Bonchev–Trinajstić information content (AvgIpc) is 2.87. The molecule has 12 heteroatoms. The number of nitrogens with zero attached hydrogens (tertiary/aromatic N) is 3. The maximum absolute atomic E-state index is 13.5. The first-order valence-electron chi connectivity index (χ1n) is 11.9. The van der Waals surface area contributed by atoms with Crippen molar-refractivity contribution in [1.82, 2.24) is 14.5 Å². The van der Waals surface area contributed by atoms with E-state index < -0.39 is 30.2 Å². The third-order valence-corrected chi connectivity index (χ3v) is 5.90. The fourth-order valence-electron chi connectivity index (χ4n) is 4.03. The van der Waals surface area contributed by atoms with Crippen LogP contribution in [0.15, 0.2) is 54.0 Å². The number of rotatable bonds is 9. The van der Waals surface area contributed by atoms with Gasteiger partial charge in [-0.3, -0.25) is 14.4 Å². The maximum atomic E-state index is 13.5. The molecule has 2 aromatic heterocycles. The van der Waals surface area contributed by atoms with Gasteiger partial charge in [-0.15, -0.1) is 0 Å². The van der Waals surface area contributed by atoms with Gasteiger partial charge in [0.15, 0.2) is 0 Å². The molecule has 3 aromatic rings. The number of hydrogen-bond acceptors (Lipinski definition) is 6. The first-order chi connectivity index (χ1) is 18.6. The van der Waals surface area contributed by atoms with Crippen LogP contribution in [-0.4, -0.2) is 58.7 Å². The minimum Gasteiger partial charge on any atom is -0.478 e. The standard InChI is InChI=1S/C27H25F3N4O5/c1-4-15-8-21(25(36)33(3)12-15)24(35)32-22-9-16(10-23(31-22)38-5-2)19-7-6-18(39-27(29)30)11-20(19)26(37)34-13-17(28)14-34/h4,6-12,17,27H,1,5,13-14H2,2-3H3,(H,31,32,35). The highest BCUT2D eigenvalue weighted by Gasteiger charge is 2.32. The van der Waals surface area contributed by atoms with Crippen molar-refractivity contribution in [2.45, 2.75) is 19.7 Å². The molecule has 0 saturated carbocycles. The highest BCUT2D eigenvalue weighted by molar-refractivity contribution is 6.05. The van der Waals surface area contributed by atoms with Gasteiger partial charge in [0, 0.05) is 19.3 Å². The van der Waals surface area contributed by atoms with Gasteiger partial charge in [-0.2, -0.15) is 13.8 Å². The molecule has 39 heavy (non-hydrogen) atoms. The van der Waals surface area contributed by atoms with Crippen LogP contribution in [0.4, 0.5) is 19.0 Å². The molecule has 2 amide bonds. The number of hydrogen-bond donors (Lipinski definition) is 1. The Morgan fingerprint density at radius 1 is 1.21 bits per heavy atom. The number of benzene rings is 1. The molecule has 0 unspecified atom stereocenters. The number of pyridine rings is 2. The van der Waals surface area contributed by atoms with Crippen LogP contribution < -0.4 is 20.3 Å². The fraction of sp³-hybridized carbons (Fsp3) is 0.259. The lowest BCUT2D eigenvalue weighted by molar-refractivity contribution is -0.0499. The summed E-state index contributed by atoms with van der Waals surface area (Å²) in [5, 5.41) is 2.58. The second-order valence-electron chi connectivity index (χ2n) is 8.67. The highest BCUT2D eigenvalue weighted by atomic mass is 19.3. The molecule has 9 nitrogen and oxygen atoms in total. The van der Waals surface area contributed by atoms with Gasteiger partial charge in [0.2, 0.25) is 5.88 Å². The number of aromatic nitrogens is 2. The van der Waals surface area contributed by atoms with Gasteiger partial charge in [0.05, 0.1) is 25.3 Å². The summed E-state index contributed by atoms with van der Waals surface area (Å²) in [4.78, 5) is 44.3. The van der Waals surface area contributed by atoms with E-state index in [2.05, 4.69) is 21.6 Å². The summed E-state index contributed by atoms with van der Waals surface area (Å²) in [5.41, 5.74) is 0.479. The first-order valence-corrected chi connectivity index (χ1v) is 11.9. The zero-order valence-electron chi connectivity index (χ0n) is 21.1. The molecule has 0 atom stereocenters. The predicted molar refractivity (Wildman–Crippen MR) is 138 cm³/mol. The third-order valence-electron chi connectivity index (χ3n) is 5.90. The monoisotopic (exact) mass is 542 g/mol. The van der Waals surface area contributed by atoms with Gasteiger partial charge >= 0.3 is 6.61 Å². The summed E-state index contributed by atoms with van der Waals surface area (Å²) in [5.74, 6) is -1.47. The Balaban J connectivity index is 1.76. The van der Waals surface area contributed by atoms with E-state index in [1.165, 1.54) is 59.1 Å². The molecule has 0 radical (unpaired) electrons. The van der Waals surface area contributed by atoms with Gasteiger partial charge in [0.25, 0.3) is 17.4 Å². The number of carbonyl (C=O) groups is 2. The van der Waals surface area contributed by atoms with Crippen LogP contribution in [-0.2, 0) is 7.05 Å². The largest absolute Gasteiger partial charge is 0.478 e. The van der Waals surface area contributed by atoms with Gasteiger partial charge < -0.3 is 24.3 Å². The zero-order valence-corrected chi connectivity index (χ0v) is 21.1. The number of likely N-dealkylation sites (tertiary alicyclic amines) is 1. The Hall–Kier alpha value is -4.61. The number of halogens is 3. The van der Waals surface area contributed by atoms with Crippen LogP contribution >= 0.6 is 0 Å². The molecule has 3 heterocycles. The molecule has 0 spiro atoms. The number of ether oxygens (including phenoxy) is 2. The van der Waals surface area contributed by atoms with Crippen LogP contribution in [0.5, 0.6) is 11.6 Å². The maximum Gasteiger partial charge on any atom is 0.387 e. The van der Waals surface area contributed by atoms with Crippen molar-refractivity contribution in [1.29, 1.82) is 0 Å². The van der Waals surface area contributed by atoms with Crippen molar-refractivity contribution in [3.05, 3.63) is 76.2 Å². The van der Waals surface area contributed by atoms with Crippen LogP contribution in [0.1, 0.15) is 33.2 Å². The SMILES string of the molecule is C=Cc1cc(C(=O)Nc2cc(-c3ccc(OC(F)F)cc3C(=O)N3CC(F)C3)cc(OCC)n2)c(=O)n(C)c1. The molecular formula is C27H25F3N4O5. The molecule has 1 fully saturated rings. The van der Waals surface area contributed by atoms with Crippen molar-refractivity contribution in [2.75, 3.05) is 25.0 Å². The molecule has 1 N–H and O–H groups in total. The molecule has 1 aliphatic rings. The van der Waals surface area contributed by atoms with Gasteiger partial charge in [-0.25, -0.2) is 4.39 Å². The van der Waals surface area contributed by atoms with E-state index in [4.69, 9.17) is 4.74 Å². The molecule has 1 saturated heterocycles. The van der Waals surface area contributed by atoms with E-state index in [1.54, 1.807) is 6.92 Å². The quantitative estimate of drug-likeness (QED) is 0.436. The first kappa shape index (κ1) is 27.4. The van der Waals surface area contributed by atoms with E-state index in [-0.39, 0.29) is 53.8 Å². The van der Waals surface area contributed by atoms with Crippen LogP contribution in [0.25, 0.3) is 17.2 Å². The molecular weight excluding hydrogens is 517 g/mol. The number of carbonyl (C=O) groups excluding carboxylic acids is 2. The van der Waals surface area contributed by atoms with Gasteiger partial charge in [-0.1, -0.05) is 12.7 Å². The fourth-order valence-corrected chi connectivity index (χ4v) is 4.03. The summed E-state index contributed by atoms with van der Waals surface area (Å²) in [7, 11) is 1.50. The topological polar surface area (TPSA) is 103 Å². The summed E-state index contributed by atoms with van der Waals surface area (Å²) in [6, 6.07) is 8.15. The lowest BCUT2D eigenvalue weighted by Crippen LogP contribution is -2.51. The third kappa shape index (κ3) is 6.11. The molecule has 4 rings (SSSR count). The molecule has 204 valence electrons. The van der Waals surface area contributed by atoms with Crippen LogP contribution in [0.3, 0.4) is 0 Å². The summed E-state index contributed by atoms with van der Waals surface area (Å²) in [6.45, 7) is 2.24. The van der Waals surface area contributed by atoms with Crippen molar-refractivity contribution < 1.29 is 32.2 Å². The van der Waals surface area contributed by atoms with E-state index in [9.17, 15) is 27.6 Å². The molecule has 0 aliphatic carbocycles. The summed E-state index contributed by atoms with van der Waals surface area (Å²) < 4.78 is 50.4. The Kier molecular flexibility index (Phi) is 8.03. The van der Waals surface area contributed by atoms with Crippen LogP contribution in [0.2, 0.25) is 0 Å². The Labute approximate surface area is 221 Å². The smallest absolute Gasteiger partial charge is 0.387 e. The van der Waals surface area contributed by atoms with Gasteiger partial charge in [0.1, 0.15) is 23.3 Å².